The van der Waals surface area contributed by atoms with Gasteiger partial charge in [-0.25, -0.2) is 8.42 Å². The Kier molecular flexibility index (Phi) is 6.04. The minimum Gasteiger partial charge on any atom is -0.369 e. The summed E-state index contributed by atoms with van der Waals surface area (Å²) in [6.07, 6.45) is -2.64. The number of hydrogen-bond acceptors (Lipinski definition) is 4. The molecule has 2 aliphatic heterocycles. The summed E-state index contributed by atoms with van der Waals surface area (Å²) in [7, 11) is -3.07. The molecule has 8 heteroatoms. The Morgan fingerprint density at radius 1 is 1.08 bits per heavy atom. The van der Waals surface area contributed by atoms with Gasteiger partial charge in [-0.2, -0.15) is 13.2 Å². The first-order chi connectivity index (χ1) is 11.3. The van der Waals surface area contributed by atoms with Gasteiger partial charge in [0.05, 0.1) is 17.1 Å². The number of benzene rings is 1. The van der Waals surface area contributed by atoms with E-state index < -0.39 is 21.6 Å². The van der Waals surface area contributed by atoms with Crippen molar-refractivity contribution in [2.45, 2.75) is 32.4 Å². The summed E-state index contributed by atoms with van der Waals surface area (Å²) in [6, 6.07) is 3.91. The summed E-state index contributed by atoms with van der Waals surface area (Å²) in [6.45, 7) is 2.20. The summed E-state index contributed by atoms with van der Waals surface area (Å²) in [5, 5.41) is 3.26. The first kappa shape index (κ1) is 20.0. The minimum absolute atomic E-state index is 0. The summed E-state index contributed by atoms with van der Waals surface area (Å²) < 4.78 is 62.6. The van der Waals surface area contributed by atoms with E-state index in [-0.39, 0.29) is 37.9 Å². The number of nitrogens with zero attached hydrogens (tertiary/aromatic N) is 1. The Balaban J connectivity index is 0.00000225. The predicted molar refractivity (Wildman–Crippen MR) is 93.9 cm³/mol. The number of alkyl halides is 3. The quantitative estimate of drug-likeness (QED) is 0.859. The van der Waals surface area contributed by atoms with Crippen LogP contribution in [0.2, 0.25) is 0 Å². The van der Waals surface area contributed by atoms with Gasteiger partial charge in [0.1, 0.15) is 0 Å². The zero-order chi connectivity index (χ0) is 17.4. The molecule has 1 N–H and O–H groups in total. The van der Waals surface area contributed by atoms with Crippen LogP contribution in [-0.2, 0) is 16.0 Å². The molecule has 2 heterocycles. The highest BCUT2D eigenvalue weighted by molar-refractivity contribution is 7.91. The van der Waals surface area contributed by atoms with E-state index in [1.807, 2.05) is 0 Å². The molecular weight excluding hydrogens is 353 g/mol. The molecule has 0 amide bonds. The summed E-state index contributed by atoms with van der Waals surface area (Å²) in [5.74, 6) is 0.200. The monoisotopic (exact) mass is 378 g/mol. The topological polar surface area (TPSA) is 49.4 Å². The van der Waals surface area contributed by atoms with Gasteiger partial charge in [-0.3, -0.25) is 0 Å². The molecule has 1 aromatic carbocycles. The number of halogens is 3. The Morgan fingerprint density at radius 3 is 2.24 bits per heavy atom. The summed E-state index contributed by atoms with van der Waals surface area (Å²) in [5.41, 5.74) is 0.777. The van der Waals surface area contributed by atoms with Crippen molar-refractivity contribution in [3.8, 4) is 0 Å². The van der Waals surface area contributed by atoms with Gasteiger partial charge < -0.3 is 10.2 Å². The van der Waals surface area contributed by atoms with E-state index in [1.165, 1.54) is 6.07 Å². The molecule has 0 spiro atoms. The SMILES string of the molecule is C.O=S1(=O)CCN(c2cc(C(F)(F)F)ccc2C2CCNCC2)CC1. The molecule has 2 aliphatic rings. The minimum atomic E-state index is -4.40. The predicted octanol–water partition coefficient (Wildman–Crippen LogP) is 3.04. The van der Waals surface area contributed by atoms with E-state index >= 15 is 0 Å². The third-order valence-electron chi connectivity index (χ3n) is 4.82. The smallest absolute Gasteiger partial charge is 0.369 e. The standard InChI is InChI=1S/C16H21F3N2O2S.CH4/c17-16(18,19)13-1-2-14(12-3-5-20-6-4-12)15(11-13)21-7-9-24(22,23)10-8-21;/h1-2,11-12,20H,3-10H2;1H4. The maximum atomic E-state index is 13.1. The Morgan fingerprint density at radius 2 is 1.68 bits per heavy atom. The second kappa shape index (κ2) is 7.53. The van der Waals surface area contributed by atoms with E-state index in [4.69, 9.17) is 0 Å². The molecule has 0 aliphatic carbocycles. The summed E-state index contributed by atoms with van der Waals surface area (Å²) in [4.78, 5) is 1.80. The molecule has 2 fully saturated rings. The second-order valence-corrected chi connectivity index (χ2v) is 8.74. The van der Waals surface area contributed by atoms with Gasteiger partial charge in [0.2, 0.25) is 0 Å². The Labute approximate surface area is 147 Å². The van der Waals surface area contributed by atoms with Gasteiger partial charge in [-0.05, 0) is 49.5 Å². The van der Waals surface area contributed by atoms with Crippen molar-refractivity contribution in [3.05, 3.63) is 29.3 Å². The molecule has 142 valence electrons. The van der Waals surface area contributed by atoms with Gasteiger partial charge in [-0.15, -0.1) is 0 Å². The molecule has 3 rings (SSSR count). The number of hydrogen-bond donors (Lipinski definition) is 1. The average Bonchev–Trinajstić information content (AvgIpc) is 2.54. The number of anilines is 1. The van der Waals surface area contributed by atoms with E-state index in [0.717, 1.165) is 37.6 Å². The van der Waals surface area contributed by atoms with Crippen LogP contribution in [0.25, 0.3) is 0 Å². The van der Waals surface area contributed by atoms with Crippen molar-refractivity contribution >= 4 is 15.5 Å². The molecule has 0 radical (unpaired) electrons. The van der Waals surface area contributed by atoms with Gasteiger partial charge in [0.25, 0.3) is 0 Å². The molecule has 0 bridgehead atoms. The third kappa shape index (κ3) is 4.67. The first-order valence-corrected chi connectivity index (χ1v) is 9.96. The van der Waals surface area contributed by atoms with Crippen LogP contribution in [0.4, 0.5) is 18.9 Å². The normalized spacial score (nSPS) is 21.6. The lowest BCUT2D eigenvalue weighted by Gasteiger charge is -2.34. The average molecular weight is 378 g/mol. The molecule has 0 aromatic heterocycles. The highest BCUT2D eigenvalue weighted by atomic mass is 32.2. The lowest BCUT2D eigenvalue weighted by Crippen LogP contribution is -2.41. The van der Waals surface area contributed by atoms with Crippen molar-refractivity contribution < 1.29 is 21.6 Å². The van der Waals surface area contributed by atoms with Gasteiger partial charge in [0.15, 0.2) is 9.84 Å². The van der Waals surface area contributed by atoms with Crippen molar-refractivity contribution in [2.24, 2.45) is 0 Å². The fourth-order valence-corrected chi connectivity index (χ4v) is 4.63. The fourth-order valence-electron chi connectivity index (χ4n) is 3.43. The highest BCUT2D eigenvalue weighted by Crippen LogP contribution is 2.38. The van der Waals surface area contributed by atoms with Crippen LogP contribution in [0.5, 0.6) is 0 Å². The molecule has 2 saturated heterocycles. The van der Waals surface area contributed by atoms with Crippen LogP contribution in [0.15, 0.2) is 18.2 Å². The lowest BCUT2D eigenvalue weighted by molar-refractivity contribution is -0.137. The molecule has 0 saturated carbocycles. The van der Waals surface area contributed by atoms with E-state index in [9.17, 15) is 21.6 Å². The van der Waals surface area contributed by atoms with Crippen LogP contribution in [0, 0.1) is 0 Å². The van der Waals surface area contributed by atoms with Crippen molar-refractivity contribution in [2.75, 3.05) is 42.6 Å². The second-order valence-electron chi connectivity index (χ2n) is 6.43. The maximum Gasteiger partial charge on any atom is 0.416 e. The first-order valence-electron chi connectivity index (χ1n) is 8.13. The number of rotatable bonds is 2. The molecule has 25 heavy (non-hydrogen) atoms. The molecular formula is C17H25F3N2O2S. The largest absolute Gasteiger partial charge is 0.416 e. The maximum absolute atomic E-state index is 13.1. The molecule has 4 nitrogen and oxygen atoms in total. The molecule has 0 atom stereocenters. The Bertz CT molecular complexity index is 684. The van der Waals surface area contributed by atoms with E-state index in [0.29, 0.717) is 5.69 Å². The summed E-state index contributed by atoms with van der Waals surface area (Å²) >= 11 is 0. The zero-order valence-electron chi connectivity index (χ0n) is 13.3. The van der Waals surface area contributed by atoms with E-state index in [1.54, 1.807) is 11.0 Å². The van der Waals surface area contributed by atoms with Crippen LogP contribution >= 0.6 is 0 Å². The fraction of sp³-hybridized carbons (Fsp3) is 0.647. The molecule has 1 aromatic rings. The van der Waals surface area contributed by atoms with E-state index in [2.05, 4.69) is 5.32 Å². The van der Waals surface area contributed by atoms with Crippen molar-refractivity contribution in [3.63, 3.8) is 0 Å². The lowest BCUT2D eigenvalue weighted by atomic mass is 9.88. The van der Waals surface area contributed by atoms with Gasteiger partial charge in [-0.1, -0.05) is 13.5 Å². The van der Waals surface area contributed by atoms with Gasteiger partial charge in [0, 0.05) is 18.8 Å². The number of nitrogens with one attached hydrogen (secondary N) is 1. The van der Waals surface area contributed by atoms with Crippen LogP contribution in [0.1, 0.15) is 37.3 Å². The van der Waals surface area contributed by atoms with Crippen LogP contribution < -0.4 is 10.2 Å². The van der Waals surface area contributed by atoms with Crippen molar-refractivity contribution in [1.82, 2.24) is 5.32 Å². The van der Waals surface area contributed by atoms with Gasteiger partial charge >= 0.3 is 6.18 Å². The van der Waals surface area contributed by atoms with Crippen LogP contribution in [0.3, 0.4) is 0 Å². The number of sulfone groups is 1. The van der Waals surface area contributed by atoms with Crippen LogP contribution in [-0.4, -0.2) is 46.1 Å². The number of piperidine rings is 1. The highest BCUT2D eigenvalue weighted by Gasteiger charge is 2.33. The zero-order valence-corrected chi connectivity index (χ0v) is 14.1. The molecule has 0 unspecified atom stereocenters. The van der Waals surface area contributed by atoms with Crippen molar-refractivity contribution in [1.29, 1.82) is 0 Å². The Hall–Kier alpha value is -1.28. The third-order valence-corrected chi connectivity index (χ3v) is 6.43.